The molecule has 17 heavy (non-hydrogen) atoms. The van der Waals surface area contributed by atoms with E-state index in [1.54, 1.807) is 11.9 Å². The average molecular weight is 242 g/mol. The molecule has 0 saturated carbocycles. The summed E-state index contributed by atoms with van der Waals surface area (Å²) in [5.41, 5.74) is 0. The minimum Gasteiger partial charge on any atom is -0.469 e. The van der Waals surface area contributed by atoms with Crippen LogP contribution in [0, 0.1) is 0 Å². The molecule has 0 aromatic carbocycles. The maximum atomic E-state index is 12.1. The average Bonchev–Trinajstić information content (AvgIpc) is 2.63. The van der Waals surface area contributed by atoms with Crippen molar-refractivity contribution in [2.75, 3.05) is 33.8 Å². The van der Waals surface area contributed by atoms with Crippen LogP contribution in [-0.2, 0) is 9.53 Å². The third kappa shape index (κ3) is 4.63. The second-order valence-electron chi connectivity index (χ2n) is 4.43. The van der Waals surface area contributed by atoms with E-state index in [2.05, 4.69) is 4.74 Å². The molecule has 1 rings (SSSR count). The maximum Gasteiger partial charge on any atom is 0.319 e. The van der Waals surface area contributed by atoms with E-state index in [0.717, 1.165) is 25.9 Å². The standard InChI is InChI=1S/C12H22N2O3/c1-13(10-7-11(15)17-2)12(16)14-8-5-3-4-6-9-14/h3-10H2,1-2H3. The van der Waals surface area contributed by atoms with Gasteiger partial charge in [0.2, 0.25) is 0 Å². The summed E-state index contributed by atoms with van der Waals surface area (Å²) in [5.74, 6) is -0.277. The van der Waals surface area contributed by atoms with Crippen molar-refractivity contribution >= 4 is 12.0 Å². The van der Waals surface area contributed by atoms with Crippen molar-refractivity contribution in [3.63, 3.8) is 0 Å². The zero-order valence-corrected chi connectivity index (χ0v) is 10.8. The molecule has 0 atom stereocenters. The lowest BCUT2D eigenvalue weighted by molar-refractivity contribution is -0.140. The number of urea groups is 1. The van der Waals surface area contributed by atoms with E-state index in [9.17, 15) is 9.59 Å². The fraction of sp³-hybridized carbons (Fsp3) is 0.833. The van der Waals surface area contributed by atoms with Crippen LogP contribution in [0.25, 0.3) is 0 Å². The molecule has 0 N–H and O–H groups in total. The summed E-state index contributed by atoms with van der Waals surface area (Å²) in [6.45, 7) is 2.09. The van der Waals surface area contributed by atoms with Gasteiger partial charge in [0.25, 0.3) is 0 Å². The number of esters is 1. The van der Waals surface area contributed by atoms with Gasteiger partial charge in [0.1, 0.15) is 0 Å². The Morgan fingerprint density at radius 3 is 2.29 bits per heavy atom. The SMILES string of the molecule is COC(=O)CCN(C)C(=O)N1CCCCCC1. The first-order valence-corrected chi connectivity index (χ1v) is 6.22. The van der Waals surface area contributed by atoms with Crippen molar-refractivity contribution in [2.45, 2.75) is 32.1 Å². The van der Waals surface area contributed by atoms with E-state index < -0.39 is 0 Å². The number of carbonyl (C=O) groups is 2. The van der Waals surface area contributed by atoms with Crippen LogP contribution >= 0.6 is 0 Å². The molecule has 0 radical (unpaired) electrons. The molecule has 2 amide bonds. The van der Waals surface area contributed by atoms with Crippen molar-refractivity contribution in [2.24, 2.45) is 0 Å². The van der Waals surface area contributed by atoms with Gasteiger partial charge in [0.15, 0.2) is 0 Å². The monoisotopic (exact) mass is 242 g/mol. The Balaban J connectivity index is 2.36. The molecular formula is C12H22N2O3. The van der Waals surface area contributed by atoms with Gasteiger partial charge in [-0.2, -0.15) is 0 Å². The van der Waals surface area contributed by atoms with E-state index in [1.165, 1.54) is 20.0 Å². The van der Waals surface area contributed by atoms with Gasteiger partial charge < -0.3 is 14.5 Å². The number of ether oxygens (including phenoxy) is 1. The molecular weight excluding hydrogens is 220 g/mol. The second kappa shape index (κ2) is 7.14. The normalized spacial score (nSPS) is 16.2. The van der Waals surface area contributed by atoms with Crippen LogP contribution < -0.4 is 0 Å². The van der Waals surface area contributed by atoms with Crippen LogP contribution in [-0.4, -0.2) is 55.6 Å². The van der Waals surface area contributed by atoms with Crippen LogP contribution in [0.1, 0.15) is 32.1 Å². The fourth-order valence-corrected chi connectivity index (χ4v) is 1.96. The van der Waals surface area contributed by atoms with Crippen LogP contribution in [0.5, 0.6) is 0 Å². The Morgan fingerprint density at radius 1 is 1.18 bits per heavy atom. The predicted octanol–water partition coefficient (Wildman–Crippen LogP) is 1.48. The van der Waals surface area contributed by atoms with E-state index in [1.807, 2.05) is 4.90 Å². The van der Waals surface area contributed by atoms with Crippen LogP contribution in [0.15, 0.2) is 0 Å². The molecule has 0 spiro atoms. The molecule has 5 heteroatoms. The highest BCUT2D eigenvalue weighted by molar-refractivity contribution is 5.75. The fourth-order valence-electron chi connectivity index (χ4n) is 1.96. The molecule has 1 saturated heterocycles. The number of carbonyl (C=O) groups excluding carboxylic acids is 2. The smallest absolute Gasteiger partial charge is 0.319 e. The van der Waals surface area contributed by atoms with Gasteiger partial charge in [-0.05, 0) is 12.8 Å². The first-order valence-electron chi connectivity index (χ1n) is 6.22. The molecule has 1 aliphatic heterocycles. The van der Waals surface area contributed by atoms with Crippen molar-refractivity contribution < 1.29 is 14.3 Å². The van der Waals surface area contributed by atoms with Gasteiger partial charge in [-0.25, -0.2) is 4.79 Å². The molecule has 0 bridgehead atoms. The van der Waals surface area contributed by atoms with Crippen molar-refractivity contribution in [3.8, 4) is 0 Å². The van der Waals surface area contributed by atoms with Crippen LogP contribution in [0.3, 0.4) is 0 Å². The number of likely N-dealkylation sites (tertiary alicyclic amines) is 1. The highest BCUT2D eigenvalue weighted by Gasteiger charge is 2.19. The minimum atomic E-state index is -0.277. The third-order valence-corrected chi connectivity index (χ3v) is 3.08. The Kier molecular flexibility index (Phi) is 5.80. The van der Waals surface area contributed by atoms with Gasteiger partial charge in [-0.3, -0.25) is 4.79 Å². The van der Waals surface area contributed by atoms with Gasteiger partial charge in [-0.1, -0.05) is 12.8 Å². The van der Waals surface area contributed by atoms with Crippen molar-refractivity contribution in [1.82, 2.24) is 9.80 Å². The number of nitrogens with zero attached hydrogens (tertiary/aromatic N) is 2. The molecule has 98 valence electrons. The molecule has 0 aromatic rings. The topological polar surface area (TPSA) is 49.9 Å². The number of rotatable bonds is 3. The largest absolute Gasteiger partial charge is 0.469 e. The Bertz CT molecular complexity index is 260. The summed E-state index contributed by atoms with van der Waals surface area (Å²) in [4.78, 5) is 26.5. The lowest BCUT2D eigenvalue weighted by atomic mass is 10.2. The molecule has 0 aliphatic carbocycles. The first-order chi connectivity index (χ1) is 8.15. The zero-order valence-electron chi connectivity index (χ0n) is 10.8. The molecule has 0 aromatic heterocycles. The Morgan fingerprint density at radius 2 is 1.76 bits per heavy atom. The number of hydrogen-bond donors (Lipinski definition) is 0. The highest BCUT2D eigenvalue weighted by Crippen LogP contribution is 2.11. The quantitative estimate of drug-likeness (QED) is 0.704. The van der Waals surface area contributed by atoms with Crippen molar-refractivity contribution in [3.05, 3.63) is 0 Å². The molecule has 1 heterocycles. The summed E-state index contributed by atoms with van der Waals surface area (Å²) in [7, 11) is 3.09. The Hall–Kier alpha value is -1.26. The second-order valence-corrected chi connectivity index (χ2v) is 4.43. The third-order valence-electron chi connectivity index (χ3n) is 3.08. The van der Waals surface area contributed by atoms with E-state index in [4.69, 9.17) is 0 Å². The highest BCUT2D eigenvalue weighted by atomic mass is 16.5. The van der Waals surface area contributed by atoms with Gasteiger partial charge in [0.05, 0.1) is 13.5 Å². The van der Waals surface area contributed by atoms with E-state index in [-0.39, 0.29) is 18.4 Å². The summed E-state index contributed by atoms with van der Waals surface area (Å²) in [5, 5.41) is 0. The predicted molar refractivity (Wildman–Crippen MR) is 64.7 cm³/mol. The van der Waals surface area contributed by atoms with Gasteiger partial charge in [0, 0.05) is 26.7 Å². The van der Waals surface area contributed by atoms with Crippen molar-refractivity contribution in [1.29, 1.82) is 0 Å². The van der Waals surface area contributed by atoms with Gasteiger partial charge >= 0.3 is 12.0 Å². The summed E-state index contributed by atoms with van der Waals surface area (Å²) < 4.78 is 4.56. The summed E-state index contributed by atoms with van der Waals surface area (Å²) in [6.07, 6.45) is 4.82. The molecule has 0 unspecified atom stereocenters. The maximum absolute atomic E-state index is 12.1. The van der Waals surface area contributed by atoms with Gasteiger partial charge in [-0.15, -0.1) is 0 Å². The first kappa shape index (κ1) is 13.8. The minimum absolute atomic E-state index is 0.0239. The van der Waals surface area contributed by atoms with Crippen LogP contribution in [0.4, 0.5) is 4.79 Å². The Labute approximate surface area is 103 Å². The lowest BCUT2D eigenvalue weighted by Crippen LogP contribution is -2.42. The molecule has 5 nitrogen and oxygen atoms in total. The lowest BCUT2D eigenvalue weighted by Gasteiger charge is -2.26. The molecule has 1 aliphatic rings. The summed E-state index contributed by atoms with van der Waals surface area (Å²) >= 11 is 0. The van der Waals surface area contributed by atoms with Crippen LogP contribution in [0.2, 0.25) is 0 Å². The van der Waals surface area contributed by atoms with E-state index in [0.29, 0.717) is 6.54 Å². The van der Waals surface area contributed by atoms with E-state index >= 15 is 0 Å². The number of amides is 2. The molecule has 1 fully saturated rings. The summed E-state index contributed by atoms with van der Waals surface area (Å²) in [6, 6.07) is 0.0239. The number of methoxy groups -OCH3 is 1. The zero-order chi connectivity index (χ0) is 12.7. The number of hydrogen-bond acceptors (Lipinski definition) is 3.